The third-order valence-corrected chi connectivity index (χ3v) is 5.33. The van der Waals surface area contributed by atoms with Crippen molar-refractivity contribution in [1.82, 2.24) is 10.2 Å². The van der Waals surface area contributed by atoms with Crippen LogP contribution in [0.5, 0.6) is 0 Å². The van der Waals surface area contributed by atoms with Gasteiger partial charge in [0.1, 0.15) is 0 Å². The lowest BCUT2D eigenvalue weighted by atomic mass is 9.76. The molecule has 18 heavy (non-hydrogen) atoms. The fourth-order valence-electron chi connectivity index (χ4n) is 4.40. The van der Waals surface area contributed by atoms with Crippen molar-refractivity contribution in [3.63, 3.8) is 0 Å². The first-order chi connectivity index (χ1) is 8.81. The van der Waals surface area contributed by atoms with Crippen molar-refractivity contribution in [3.8, 4) is 0 Å². The zero-order valence-corrected chi connectivity index (χ0v) is 11.9. The summed E-state index contributed by atoms with van der Waals surface area (Å²) < 4.78 is 5.72. The van der Waals surface area contributed by atoms with Crippen LogP contribution in [-0.2, 0) is 4.74 Å². The van der Waals surface area contributed by atoms with Crippen LogP contribution in [0.3, 0.4) is 0 Å². The first-order valence-corrected chi connectivity index (χ1v) is 7.88. The summed E-state index contributed by atoms with van der Waals surface area (Å²) in [4.78, 5) is 2.88. The minimum absolute atomic E-state index is 0.558. The molecule has 0 amide bonds. The smallest absolute Gasteiger partial charge is 0.0604 e. The van der Waals surface area contributed by atoms with Gasteiger partial charge in [-0.15, -0.1) is 0 Å². The van der Waals surface area contributed by atoms with Crippen LogP contribution in [0.15, 0.2) is 0 Å². The number of rotatable bonds is 4. The number of nitrogens with one attached hydrogen (secondary N) is 1. The molecule has 0 aromatic carbocycles. The molecule has 2 aliphatic heterocycles. The van der Waals surface area contributed by atoms with E-state index in [1.54, 1.807) is 0 Å². The molecule has 0 aromatic rings. The van der Waals surface area contributed by atoms with Crippen LogP contribution in [-0.4, -0.2) is 48.8 Å². The lowest BCUT2D eigenvalue weighted by Crippen LogP contribution is -2.62. The average molecular weight is 252 g/mol. The van der Waals surface area contributed by atoms with Gasteiger partial charge in [0, 0.05) is 30.8 Å². The van der Waals surface area contributed by atoms with E-state index in [4.69, 9.17) is 4.74 Å². The van der Waals surface area contributed by atoms with Gasteiger partial charge in [0.05, 0.1) is 6.10 Å². The van der Waals surface area contributed by atoms with E-state index in [0.717, 1.165) is 30.8 Å². The van der Waals surface area contributed by atoms with Gasteiger partial charge in [0.15, 0.2) is 0 Å². The number of hydrogen-bond acceptors (Lipinski definition) is 3. The van der Waals surface area contributed by atoms with Gasteiger partial charge in [-0.2, -0.15) is 0 Å². The molecule has 0 spiro atoms. The normalized spacial score (nSPS) is 44.7. The van der Waals surface area contributed by atoms with Gasteiger partial charge in [0.2, 0.25) is 0 Å². The molecule has 3 fully saturated rings. The molecule has 3 aliphatic rings. The third-order valence-electron chi connectivity index (χ3n) is 5.33. The molecule has 3 rings (SSSR count). The Morgan fingerprint density at radius 3 is 2.28 bits per heavy atom. The molecule has 2 atom stereocenters. The maximum Gasteiger partial charge on any atom is 0.0604 e. The Morgan fingerprint density at radius 2 is 1.72 bits per heavy atom. The zero-order chi connectivity index (χ0) is 12.5. The second-order valence-electron chi connectivity index (χ2n) is 6.35. The quantitative estimate of drug-likeness (QED) is 0.830. The third kappa shape index (κ3) is 2.33. The Hall–Kier alpha value is -0.120. The summed E-state index contributed by atoms with van der Waals surface area (Å²) in [6.07, 6.45) is 10.1. The summed E-state index contributed by atoms with van der Waals surface area (Å²) in [5.41, 5.74) is 0. The maximum absolute atomic E-state index is 5.72. The molecule has 2 heterocycles. The predicted molar refractivity (Wildman–Crippen MR) is 73.8 cm³/mol. The number of nitrogens with zero attached hydrogens (tertiary/aromatic N) is 1. The Balaban J connectivity index is 1.59. The Bertz CT molecular complexity index is 264. The predicted octanol–water partition coefficient (Wildman–Crippen LogP) is 2.16. The first-order valence-electron chi connectivity index (χ1n) is 7.88. The topological polar surface area (TPSA) is 24.5 Å². The van der Waals surface area contributed by atoms with E-state index < -0.39 is 0 Å². The minimum atomic E-state index is 0.558. The highest BCUT2D eigenvalue weighted by molar-refractivity contribution is 5.01. The molecule has 1 N–H and O–H groups in total. The van der Waals surface area contributed by atoms with Crippen LogP contribution < -0.4 is 5.32 Å². The van der Waals surface area contributed by atoms with E-state index >= 15 is 0 Å². The summed E-state index contributed by atoms with van der Waals surface area (Å²) in [6.45, 7) is 2.99. The Labute approximate surface area is 111 Å². The lowest BCUT2D eigenvalue weighted by Gasteiger charge is -2.56. The monoisotopic (exact) mass is 252 g/mol. The van der Waals surface area contributed by atoms with E-state index in [9.17, 15) is 0 Å². The minimum Gasteiger partial charge on any atom is -0.378 e. The molecule has 0 radical (unpaired) electrons. The molecule has 104 valence electrons. The molecular formula is C15H28N2O. The SMILES string of the molecule is CCOC1CC(N2C3CCCC2CC(NC)C3)C1. The summed E-state index contributed by atoms with van der Waals surface area (Å²) >= 11 is 0. The van der Waals surface area contributed by atoms with Crippen LogP contribution in [0.2, 0.25) is 0 Å². The maximum atomic E-state index is 5.72. The molecule has 3 nitrogen and oxygen atoms in total. The fourth-order valence-corrected chi connectivity index (χ4v) is 4.40. The summed E-state index contributed by atoms with van der Waals surface area (Å²) in [7, 11) is 2.13. The van der Waals surface area contributed by atoms with E-state index in [2.05, 4.69) is 24.2 Å². The van der Waals surface area contributed by atoms with E-state index in [0.29, 0.717) is 6.10 Å². The van der Waals surface area contributed by atoms with Gasteiger partial charge in [-0.3, -0.25) is 4.90 Å². The number of piperidine rings is 2. The molecule has 2 unspecified atom stereocenters. The highest BCUT2D eigenvalue weighted by atomic mass is 16.5. The van der Waals surface area contributed by atoms with Crippen LogP contribution in [0.4, 0.5) is 0 Å². The molecular weight excluding hydrogens is 224 g/mol. The highest BCUT2D eigenvalue weighted by Gasteiger charge is 2.45. The number of hydrogen-bond donors (Lipinski definition) is 1. The van der Waals surface area contributed by atoms with E-state index in [1.807, 2.05) is 0 Å². The van der Waals surface area contributed by atoms with Crippen LogP contribution in [0, 0.1) is 0 Å². The zero-order valence-electron chi connectivity index (χ0n) is 11.9. The number of ether oxygens (including phenoxy) is 1. The Morgan fingerprint density at radius 1 is 1.06 bits per heavy atom. The van der Waals surface area contributed by atoms with E-state index in [-0.39, 0.29) is 0 Å². The average Bonchev–Trinajstić information content (AvgIpc) is 2.32. The van der Waals surface area contributed by atoms with Crippen molar-refractivity contribution in [3.05, 3.63) is 0 Å². The van der Waals surface area contributed by atoms with Crippen molar-refractivity contribution < 1.29 is 4.74 Å². The summed E-state index contributed by atoms with van der Waals surface area (Å²) in [6, 6.07) is 3.29. The molecule has 1 saturated carbocycles. The van der Waals surface area contributed by atoms with Crippen molar-refractivity contribution in [2.75, 3.05) is 13.7 Å². The van der Waals surface area contributed by atoms with Crippen molar-refractivity contribution in [2.45, 2.75) is 82.1 Å². The van der Waals surface area contributed by atoms with Gasteiger partial charge < -0.3 is 10.1 Å². The van der Waals surface area contributed by atoms with Gasteiger partial charge in [-0.1, -0.05) is 6.42 Å². The first kappa shape index (κ1) is 12.9. The molecule has 0 aromatic heterocycles. The van der Waals surface area contributed by atoms with Gasteiger partial charge in [-0.25, -0.2) is 0 Å². The largest absolute Gasteiger partial charge is 0.378 e. The lowest BCUT2D eigenvalue weighted by molar-refractivity contribution is -0.0977. The summed E-state index contributed by atoms with van der Waals surface area (Å²) in [5.74, 6) is 0. The Kier molecular flexibility index (Phi) is 3.92. The van der Waals surface area contributed by atoms with Crippen molar-refractivity contribution in [1.29, 1.82) is 0 Å². The standard InChI is InChI=1S/C15H28N2O/c1-3-18-15-9-14(10-15)17-12-5-4-6-13(17)8-11(7-12)16-2/h11-16H,3-10H2,1-2H3. The van der Waals surface area contributed by atoms with E-state index in [1.165, 1.54) is 44.9 Å². The second kappa shape index (κ2) is 5.48. The molecule has 2 saturated heterocycles. The van der Waals surface area contributed by atoms with Gasteiger partial charge >= 0.3 is 0 Å². The number of fused-ring (bicyclic) bond motifs is 2. The molecule has 3 heteroatoms. The molecule has 1 aliphatic carbocycles. The fraction of sp³-hybridized carbons (Fsp3) is 1.00. The van der Waals surface area contributed by atoms with Crippen molar-refractivity contribution >= 4 is 0 Å². The van der Waals surface area contributed by atoms with Crippen molar-refractivity contribution in [2.24, 2.45) is 0 Å². The van der Waals surface area contributed by atoms with Crippen LogP contribution >= 0.6 is 0 Å². The van der Waals surface area contributed by atoms with Crippen LogP contribution in [0.1, 0.15) is 51.9 Å². The van der Waals surface area contributed by atoms with Gasteiger partial charge in [-0.05, 0) is 52.5 Å². The highest BCUT2D eigenvalue weighted by Crippen LogP contribution is 2.41. The second-order valence-corrected chi connectivity index (χ2v) is 6.35. The van der Waals surface area contributed by atoms with Gasteiger partial charge in [0.25, 0.3) is 0 Å². The summed E-state index contributed by atoms with van der Waals surface area (Å²) in [5, 5.41) is 3.51. The molecule has 2 bridgehead atoms. The van der Waals surface area contributed by atoms with Crippen LogP contribution in [0.25, 0.3) is 0 Å².